The second kappa shape index (κ2) is 7.54. The van der Waals surface area contributed by atoms with E-state index in [1.54, 1.807) is 0 Å². The molecule has 2 rings (SSSR count). The number of ether oxygens (including phenoxy) is 2. The molecule has 1 fully saturated rings. The Bertz CT molecular complexity index is 617. The molecule has 0 bridgehead atoms. The van der Waals surface area contributed by atoms with Gasteiger partial charge in [-0.15, -0.1) is 0 Å². The second-order valence-corrected chi connectivity index (χ2v) is 6.05. The van der Waals surface area contributed by atoms with Crippen molar-refractivity contribution in [3.05, 3.63) is 22.5 Å². The van der Waals surface area contributed by atoms with Crippen molar-refractivity contribution in [2.24, 2.45) is 5.92 Å². The third-order valence-electron chi connectivity index (χ3n) is 3.58. The monoisotopic (exact) mass is 327 g/mol. The summed E-state index contributed by atoms with van der Waals surface area (Å²) in [5.74, 6) is -0.865. The third-order valence-corrected chi connectivity index (χ3v) is 3.58. The van der Waals surface area contributed by atoms with Gasteiger partial charge in [0.05, 0.1) is 18.9 Å². The Morgan fingerprint density at radius 3 is 2.91 bits per heavy atom. The van der Waals surface area contributed by atoms with Gasteiger partial charge in [-0.25, -0.2) is 14.0 Å². The number of halogens is 1. The lowest BCUT2D eigenvalue weighted by molar-refractivity contribution is 0.00746. The summed E-state index contributed by atoms with van der Waals surface area (Å²) in [5, 5.41) is 2.15. The molecule has 1 N–H and O–H groups in total. The molecule has 1 saturated heterocycles. The lowest BCUT2D eigenvalue weighted by atomic mass is 10.1. The van der Waals surface area contributed by atoms with Crippen molar-refractivity contribution in [2.75, 3.05) is 11.9 Å². The third kappa shape index (κ3) is 4.75. The van der Waals surface area contributed by atoms with Crippen LogP contribution in [-0.2, 0) is 9.47 Å². The molecule has 0 aromatic carbocycles. The van der Waals surface area contributed by atoms with Gasteiger partial charge in [-0.3, -0.25) is 9.88 Å². The molecule has 2 heterocycles. The topological polar surface area (TPSA) is 82.5 Å². The molecule has 1 aliphatic rings. The fraction of sp³-hybridized carbons (Fsp3) is 0.667. The van der Waals surface area contributed by atoms with Crippen LogP contribution in [0.15, 0.2) is 11.0 Å². The van der Waals surface area contributed by atoms with Crippen molar-refractivity contribution in [3.8, 4) is 0 Å². The number of anilines is 1. The van der Waals surface area contributed by atoms with E-state index in [1.807, 2.05) is 20.8 Å². The maximum atomic E-state index is 14.0. The largest absolute Gasteiger partial charge is 0.449 e. The van der Waals surface area contributed by atoms with Crippen LogP contribution in [0.2, 0.25) is 0 Å². The van der Waals surface area contributed by atoms with Crippen LogP contribution in [0.1, 0.15) is 46.3 Å². The van der Waals surface area contributed by atoms with E-state index in [0.29, 0.717) is 18.8 Å². The van der Waals surface area contributed by atoms with Crippen LogP contribution in [0, 0.1) is 11.7 Å². The number of carbonyl (C=O) groups is 1. The van der Waals surface area contributed by atoms with Crippen molar-refractivity contribution in [3.63, 3.8) is 0 Å². The molecule has 1 aromatic heterocycles. The minimum Gasteiger partial charge on any atom is -0.449 e. The summed E-state index contributed by atoms with van der Waals surface area (Å²) in [6, 6.07) is 0. The molecular weight excluding hydrogens is 305 g/mol. The summed E-state index contributed by atoms with van der Waals surface area (Å²) in [6.07, 6.45) is 1.77. The predicted octanol–water partition coefficient (Wildman–Crippen LogP) is 2.67. The molecule has 128 valence electrons. The number of aromatic nitrogens is 2. The summed E-state index contributed by atoms with van der Waals surface area (Å²) in [5.41, 5.74) is -0.678. The first-order chi connectivity index (χ1) is 10.9. The fourth-order valence-corrected chi connectivity index (χ4v) is 2.25. The van der Waals surface area contributed by atoms with E-state index in [4.69, 9.17) is 9.47 Å². The van der Waals surface area contributed by atoms with Crippen LogP contribution in [0.3, 0.4) is 0 Å². The van der Waals surface area contributed by atoms with Crippen LogP contribution >= 0.6 is 0 Å². The number of amides is 1. The van der Waals surface area contributed by atoms with Crippen LogP contribution in [-0.4, -0.2) is 28.4 Å². The smallest absolute Gasteiger partial charge is 0.412 e. The molecule has 23 heavy (non-hydrogen) atoms. The minimum absolute atomic E-state index is 0.0173. The number of rotatable bonds is 5. The summed E-state index contributed by atoms with van der Waals surface area (Å²) >= 11 is 0. The fourth-order valence-electron chi connectivity index (χ4n) is 2.25. The highest BCUT2D eigenvalue weighted by Gasteiger charge is 2.25. The van der Waals surface area contributed by atoms with E-state index in [-0.39, 0.29) is 12.7 Å². The Balaban J connectivity index is 2.02. The number of carbonyl (C=O) groups excluding carboxylic acids is 1. The molecule has 0 radical (unpaired) electrons. The molecule has 1 aliphatic heterocycles. The first-order valence-corrected chi connectivity index (χ1v) is 7.74. The molecule has 0 aliphatic carbocycles. The predicted molar refractivity (Wildman–Crippen MR) is 81.7 cm³/mol. The quantitative estimate of drug-likeness (QED) is 0.899. The second-order valence-electron chi connectivity index (χ2n) is 6.05. The zero-order chi connectivity index (χ0) is 17.0. The van der Waals surface area contributed by atoms with Gasteiger partial charge < -0.3 is 9.47 Å². The van der Waals surface area contributed by atoms with Crippen molar-refractivity contribution in [1.29, 1.82) is 0 Å². The Morgan fingerprint density at radius 1 is 1.57 bits per heavy atom. The van der Waals surface area contributed by atoms with Crippen molar-refractivity contribution in [1.82, 2.24) is 9.55 Å². The Labute approximate surface area is 133 Å². The van der Waals surface area contributed by atoms with Crippen LogP contribution in [0.4, 0.5) is 15.0 Å². The number of hydrogen-bond acceptors (Lipinski definition) is 5. The standard InChI is InChI=1S/C15H22FN3O4/c1-9(2)6-7-22-15(21)18-13-11(16)8-19(14(20)17-13)12-5-4-10(3)23-12/h8-10,12H,4-7H2,1-3H3,(H,17,18,20,21)/t10-,12-/m1/s1. The molecule has 8 heteroatoms. The molecule has 0 saturated carbocycles. The average molecular weight is 327 g/mol. The Morgan fingerprint density at radius 2 is 2.30 bits per heavy atom. The normalized spacial score (nSPS) is 20.7. The lowest BCUT2D eigenvalue weighted by Crippen LogP contribution is -2.29. The number of nitrogens with one attached hydrogen (secondary N) is 1. The zero-order valence-corrected chi connectivity index (χ0v) is 13.5. The van der Waals surface area contributed by atoms with Crippen molar-refractivity contribution >= 4 is 11.9 Å². The molecule has 1 aromatic rings. The molecule has 7 nitrogen and oxygen atoms in total. The maximum Gasteiger partial charge on any atom is 0.412 e. The first-order valence-electron chi connectivity index (χ1n) is 7.74. The van der Waals surface area contributed by atoms with Gasteiger partial charge in [-0.1, -0.05) is 13.8 Å². The molecule has 0 unspecified atom stereocenters. The van der Waals surface area contributed by atoms with Gasteiger partial charge in [0, 0.05) is 0 Å². The highest BCUT2D eigenvalue weighted by Crippen LogP contribution is 2.27. The highest BCUT2D eigenvalue weighted by molar-refractivity contribution is 5.83. The maximum absolute atomic E-state index is 14.0. The van der Waals surface area contributed by atoms with Gasteiger partial charge in [0.15, 0.2) is 11.6 Å². The molecular formula is C15H22FN3O4. The van der Waals surface area contributed by atoms with Crippen LogP contribution < -0.4 is 11.0 Å². The summed E-state index contributed by atoms with van der Waals surface area (Å²) in [7, 11) is 0. The average Bonchev–Trinajstić information content (AvgIpc) is 2.88. The van der Waals surface area contributed by atoms with E-state index in [2.05, 4.69) is 10.3 Å². The zero-order valence-electron chi connectivity index (χ0n) is 13.5. The van der Waals surface area contributed by atoms with Crippen LogP contribution in [0.25, 0.3) is 0 Å². The van der Waals surface area contributed by atoms with Crippen LogP contribution in [0.5, 0.6) is 0 Å². The van der Waals surface area contributed by atoms with Gasteiger partial charge in [0.2, 0.25) is 0 Å². The summed E-state index contributed by atoms with van der Waals surface area (Å²) < 4.78 is 25.6. The summed E-state index contributed by atoms with van der Waals surface area (Å²) in [6.45, 7) is 6.09. The number of hydrogen-bond donors (Lipinski definition) is 1. The Kier molecular flexibility index (Phi) is 5.70. The first kappa shape index (κ1) is 17.4. The van der Waals surface area contributed by atoms with Crippen molar-refractivity contribution < 1.29 is 18.7 Å². The highest BCUT2D eigenvalue weighted by atomic mass is 19.1. The molecule has 1 amide bonds. The van der Waals surface area contributed by atoms with Gasteiger partial charge >= 0.3 is 11.8 Å². The molecule has 2 atom stereocenters. The minimum atomic E-state index is -0.833. The van der Waals surface area contributed by atoms with E-state index in [1.165, 1.54) is 0 Å². The van der Waals surface area contributed by atoms with E-state index < -0.39 is 29.6 Å². The van der Waals surface area contributed by atoms with Gasteiger partial charge in [0.1, 0.15) is 6.23 Å². The van der Waals surface area contributed by atoms with E-state index in [0.717, 1.165) is 17.2 Å². The van der Waals surface area contributed by atoms with Gasteiger partial charge in [0.25, 0.3) is 0 Å². The SMILES string of the molecule is CC(C)CCOC(=O)Nc1nc(=O)n([C@H]2CC[C@@H](C)O2)cc1F. The van der Waals surface area contributed by atoms with Crippen molar-refractivity contribution in [2.45, 2.75) is 52.4 Å². The summed E-state index contributed by atoms with van der Waals surface area (Å²) in [4.78, 5) is 27.1. The van der Waals surface area contributed by atoms with E-state index in [9.17, 15) is 14.0 Å². The lowest BCUT2D eigenvalue weighted by Gasteiger charge is -2.15. The van der Waals surface area contributed by atoms with Gasteiger partial charge in [-0.2, -0.15) is 4.98 Å². The van der Waals surface area contributed by atoms with Gasteiger partial charge in [-0.05, 0) is 32.1 Å². The molecule has 0 spiro atoms. The van der Waals surface area contributed by atoms with E-state index >= 15 is 0 Å². The Hall–Kier alpha value is -1.96. The number of nitrogens with zero attached hydrogens (tertiary/aromatic N) is 2.